The Balaban J connectivity index is 1.69. The van der Waals surface area contributed by atoms with Crippen LogP contribution in [-0.4, -0.2) is 12.6 Å². The van der Waals surface area contributed by atoms with Gasteiger partial charge in [0.15, 0.2) is 17.3 Å². The van der Waals surface area contributed by atoms with Crippen molar-refractivity contribution in [2.45, 2.75) is 13.3 Å². The maximum absolute atomic E-state index is 12.2. The second-order valence-electron chi connectivity index (χ2n) is 4.92. The zero-order valence-corrected chi connectivity index (χ0v) is 12.3. The molecule has 2 aromatic carbocycles. The number of carbonyl (C=O) groups is 1. The quantitative estimate of drug-likeness (QED) is 0.673. The normalized spacial score (nSPS) is 12.6. The van der Waals surface area contributed by atoms with Crippen molar-refractivity contribution in [2.24, 2.45) is 0 Å². The van der Waals surface area contributed by atoms with E-state index in [0.717, 1.165) is 12.1 Å². The predicted molar refractivity (Wildman–Crippen MR) is 85.5 cm³/mol. The van der Waals surface area contributed by atoms with Gasteiger partial charge in [0.05, 0.1) is 0 Å². The van der Waals surface area contributed by atoms with Crippen LogP contribution < -0.4 is 14.8 Å². The lowest BCUT2D eigenvalue weighted by atomic mass is 10.1. The van der Waals surface area contributed by atoms with E-state index in [0.29, 0.717) is 17.1 Å². The van der Waals surface area contributed by atoms with Crippen molar-refractivity contribution in [1.29, 1.82) is 0 Å². The molecule has 1 aliphatic heterocycles. The van der Waals surface area contributed by atoms with Crippen LogP contribution in [0.5, 0.6) is 11.5 Å². The van der Waals surface area contributed by atoms with E-state index in [1.54, 1.807) is 24.4 Å². The number of ether oxygens (including phenoxy) is 2. The Labute approximate surface area is 129 Å². The molecule has 0 spiro atoms. The fourth-order valence-corrected chi connectivity index (χ4v) is 2.32. The minimum absolute atomic E-state index is 0.0835. The van der Waals surface area contributed by atoms with E-state index in [2.05, 4.69) is 18.3 Å². The van der Waals surface area contributed by atoms with Crippen molar-refractivity contribution in [3.8, 4) is 11.5 Å². The number of allylic oxidation sites excluding steroid dienone is 1. The van der Waals surface area contributed by atoms with Gasteiger partial charge in [-0.1, -0.05) is 25.1 Å². The first kappa shape index (κ1) is 14.2. The molecule has 1 heterocycles. The van der Waals surface area contributed by atoms with E-state index in [1.165, 1.54) is 11.6 Å². The highest BCUT2D eigenvalue weighted by Gasteiger charge is 2.14. The van der Waals surface area contributed by atoms with Crippen LogP contribution in [0.1, 0.15) is 22.8 Å². The van der Waals surface area contributed by atoms with Crippen LogP contribution in [0.15, 0.2) is 54.7 Å². The van der Waals surface area contributed by atoms with Crippen molar-refractivity contribution in [2.75, 3.05) is 12.1 Å². The molecule has 4 nitrogen and oxygen atoms in total. The van der Waals surface area contributed by atoms with Crippen LogP contribution in [0.4, 0.5) is 5.69 Å². The number of nitrogens with one attached hydrogen (secondary N) is 1. The van der Waals surface area contributed by atoms with Crippen LogP contribution in [0, 0.1) is 0 Å². The highest BCUT2D eigenvalue weighted by molar-refractivity contribution is 6.05. The van der Waals surface area contributed by atoms with Crippen molar-refractivity contribution in [3.63, 3.8) is 0 Å². The average Bonchev–Trinajstić information content (AvgIpc) is 3.02. The first-order valence-corrected chi connectivity index (χ1v) is 7.23. The van der Waals surface area contributed by atoms with Gasteiger partial charge in [-0.25, -0.2) is 0 Å². The monoisotopic (exact) mass is 295 g/mol. The van der Waals surface area contributed by atoms with Gasteiger partial charge in [0.1, 0.15) is 0 Å². The summed E-state index contributed by atoms with van der Waals surface area (Å²) < 4.78 is 10.5. The SMILES string of the molecule is CCc1ccccc1NC=CC(=O)c1ccc2c(c1)OCO2. The Morgan fingerprint density at radius 3 is 2.86 bits per heavy atom. The lowest BCUT2D eigenvalue weighted by molar-refractivity contribution is 0.104. The first-order chi connectivity index (χ1) is 10.8. The number of rotatable bonds is 5. The lowest BCUT2D eigenvalue weighted by Gasteiger charge is -2.06. The van der Waals surface area contributed by atoms with Gasteiger partial charge in [0.25, 0.3) is 0 Å². The summed E-state index contributed by atoms with van der Waals surface area (Å²) in [5.74, 6) is 1.21. The number of benzene rings is 2. The molecule has 112 valence electrons. The number of hydrogen-bond acceptors (Lipinski definition) is 4. The third-order valence-electron chi connectivity index (χ3n) is 3.53. The number of ketones is 1. The largest absolute Gasteiger partial charge is 0.454 e. The molecule has 0 amide bonds. The van der Waals surface area contributed by atoms with Crippen molar-refractivity contribution in [1.82, 2.24) is 0 Å². The fourth-order valence-electron chi connectivity index (χ4n) is 2.32. The van der Waals surface area contributed by atoms with Gasteiger partial charge in [-0.15, -0.1) is 0 Å². The molecule has 2 aromatic rings. The van der Waals surface area contributed by atoms with Crippen molar-refractivity contribution < 1.29 is 14.3 Å². The summed E-state index contributed by atoms with van der Waals surface area (Å²) >= 11 is 0. The third kappa shape index (κ3) is 2.96. The van der Waals surface area contributed by atoms with Crippen LogP contribution in [0.25, 0.3) is 0 Å². The molecule has 0 fully saturated rings. The average molecular weight is 295 g/mol. The summed E-state index contributed by atoms with van der Waals surface area (Å²) in [6.07, 6.45) is 4.12. The summed E-state index contributed by atoms with van der Waals surface area (Å²) in [5.41, 5.74) is 2.80. The maximum Gasteiger partial charge on any atom is 0.231 e. The number of fused-ring (bicyclic) bond motifs is 1. The molecular formula is C18H17NO3. The van der Waals surface area contributed by atoms with E-state index in [-0.39, 0.29) is 12.6 Å². The molecule has 1 aliphatic rings. The minimum atomic E-state index is -0.0835. The fraction of sp³-hybridized carbons (Fsp3) is 0.167. The number of anilines is 1. The number of para-hydroxylation sites is 1. The highest BCUT2D eigenvalue weighted by Crippen LogP contribution is 2.32. The van der Waals surface area contributed by atoms with Crippen LogP contribution in [0.3, 0.4) is 0 Å². The zero-order valence-electron chi connectivity index (χ0n) is 12.3. The summed E-state index contributed by atoms with van der Waals surface area (Å²) in [5, 5.41) is 3.16. The van der Waals surface area contributed by atoms with E-state index in [4.69, 9.17) is 9.47 Å². The standard InChI is InChI=1S/C18H17NO3/c1-2-13-5-3-4-6-15(13)19-10-9-16(20)14-7-8-17-18(11-14)22-12-21-17/h3-11,19H,2,12H2,1H3. The molecule has 1 N–H and O–H groups in total. The van der Waals surface area contributed by atoms with Crippen LogP contribution in [-0.2, 0) is 6.42 Å². The van der Waals surface area contributed by atoms with Gasteiger partial charge in [0.2, 0.25) is 6.79 Å². The Hall–Kier alpha value is -2.75. The molecule has 0 aliphatic carbocycles. The molecule has 0 saturated carbocycles. The molecular weight excluding hydrogens is 278 g/mol. The van der Waals surface area contributed by atoms with Crippen molar-refractivity contribution in [3.05, 3.63) is 65.9 Å². The lowest BCUT2D eigenvalue weighted by Crippen LogP contribution is -1.98. The van der Waals surface area contributed by atoms with Gasteiger partial charge >= 0.3 is 0 Å². The van der Waals surface area contributed by atoms with Crippen LogP contribution >= 0.6 is 0 Å². The van der Waals surface area contributed by atoms with Gasteiger partial charge in [-0.05, 0) is 36.2 Å². The first-order valence-electron chi connectivity index (χ1n) is 7.23. The number of carbonyl (C=O) groups excluding carboxylic acids is 1. The molecule has 0 atom stereocenters. The summed E-state index contributed by atoms with van der Waals surface area (Å²) in [6.45, 7) is 2.31. The molecule has 0 radical (unpaired) electrons. The molecule has 0 saturated heterocycles. The Kier molecular flexibility index (Phi) is 4.10. The summed E-state index contributed by atoms with van der Waals surface area (Å²) in [6, 6.07) is 13.2. The Bertz CT molecular complexity index is 722. The zero-order chi connectivity index (χ0) is 15.4. The van der Waals surface area contributed by atoms with E-state index >= 15 is 0 Å². The van der Waals surface area contributed by atoms with Crippen molar-refractivity contribution >= 4 is 11.5 Å². The smallest absolute Gasteiger partial charge is 0.231 e. The summed E-state index contributed by atoms with van der Waals surface area (Å²) in [4.78, 5) is 12.2. The number of aryl methyl sites for hydroxylation is 1. The minimum Gasteiger partial charge on any atom is -0.454 e. The molecule has 0 bridgehead atoms. The Morgan fingerprint density at radius 2 is 2.00 bits per heavy atom. The summed E-state index contributed by atoms with van der Waals surface area (Å²) in [7, 11) is 0. The maximum atomic E-state index is 12.2. The topological polar surface area (TPSA) is 47.6 Å². The van der Waals surface area contributed by atoms with E-state index in [1.807, 2.05) is 18.2 Å². The predicted octanol–water partition coefficient (Wildman–Crippen LogP) is 3.79. The Morgan fingerprint density at radius 1 is 1.18 bits per heavy atom. The molecule has 4 heteroatoms. The van der Waals surface area contributed by atoms with Gasteiger partial charge in [-0.2, -0.15) is 0 Å². The number of hydrogen-bond donors (Lipinski definition) is 1. The molecule has 3 rings (SSSR count). The molecule has 0 aromatic heterocycles. The highest BCUT2D eigenvalue weighted by atomic mass is 16.7. The second-order valence-corrected chi connectivity index (χ2v) is 4.92. The second kappa shape index (κ2) is 6.35. The molecule has 22 heavy (non-hydrogen) atoms. The van der Waals surface area contributed by atoms with E-state index < -0.39 is 0 Å². The van der Waals surface area contributed by atoms with Gasteiger partial charge in [-0.3, -0.25) is 4.79 Å². The van der Waals surface area contributed by atoms with Crippen LogP contribution in [0.2, 0.25) is 0 Å². The van der Waals surface area contributed by atoms with Gasteiger partial charge in [0, 0.05) is 23.5 Å². The van der Waals surface area contributed by atoms with Gasteiger partial charge < -0.3 is 14.8 Å². The third-order valence-corrected chi connectivity index (χ3v) is 3.53. The van der Waals surface area contributed by atoms with E-state index in [9.17, 15) is 4.79 Å². The molecule has 0 unspecified atom stereocenters.